The summed E-state index contributed by atoms with van der Waals surface area (Å²) in [6.45, 7) is 5.24. The summed E-state index contributed by atoms with van der Waals surface area (Å²) < 4.78 is 7.12. The molecular weight excluding hydrogens is 290 g/mol. The first-order chi connectivity index (χ1) is 11.1. The molecule has 0 aliphatic carbocycles. The molecule has 3 rings (SSSR count). The lowest BCUT2D eigenvalue weighted by Gasteiger charge is -2.28. The third kappa shape index (κ3) is 3.68. The Balaban J connectivity index is 1.69. The van der Waals surface area contributed by atoms with Gasteiger partial charge in [0.25, 0.3) is 0 Å². The number of carbonyl (C=O) groups is 1. The molecule has 0 N–H and O–H groups in total. The first-order valence-electron chi connectivity index (χ1n) is 7.79. The van der Waals surface area contributed by atoms with Crippen LogP contribution in [0.5, 0.6) is 0 Å². The van der Waals surface area contributed by atoms with Crippen molar-refractivity contribution in [3.63, 3.8) is 0 Å². The quantitative estimate of drug-likeness (QED) is 0.643. The molecule has 1 aliphatic heterocycles. The summed E-state index contributed by atoms with van der Waals surface area (Å²) in [6, 6.07) is 9.71. The highest BCUT2D eigenvalue weighted by Crippen LogP contribution is 2.17. The van der Waals surface area contributed by atoms with Crippen molar-refractivity contribution < 1.29 is 9.53 Å². The van der Waals surface area contributed by atoms with Gasteiger partial charge in [0.15, 0.2) is 5.78 Å². The Hall–Kier alpha value is -2.40. The van der Waals surface area contributed by atoms with E-state index in [1.165, 1.54) is 0 Å². The normalized spacial score (nSPS) is 15.3. The molecule has 0 spiro atoms. The third-order valence-corrected chi connectivity index (χ3v) is 3.97. The number of benzene rings is 1. The smallest absolute Gasteiger partial charge is 0.185 e. The molecule has 1 fully saturated rings. The minimum atomic E-state index is -0.00243. The van der Waals surface area contributed by atoms with Gasteiger partial charge in [0.05, 0.1) is 24.6 Å². The van der Waals surface area contributed by atoms with Gasteiger partial charge in [-0.3, -0.25) is 9.48 Å². The Morgan fingerprint density at radius 1 is 1.22 bits per heavy atom. The molecular formula is C18H21N3O2. The monoisotopic (exact) mass is 311 g/mol. The number of rotatable bonds is 4. The standard InChI is InChI=1S/C18H21N3O2/c1-14-13-17(20(2)19-14)7-8-18(22)15-3-5-16(6-4-15)21-9-11-23-12-10-21/h3-8,13H,9-12H2,1-2H3/b8-7+. The predicted molar refractivity (Wildman–Crippen MR) is 90.8 cm³/mol. The van der Waals surface area contributed by atoms with Crippen LogP contribution in [0.2, 0.25) is 0 Å². The summed E-state index contributed by atoms with van der Waals surface area (Å²) >= 11 is 0. The molecule has 5 nitrogen and oxygen atoms in total. The summed E-state index contributed by atoms with van der Waals surface area (Å²) in [6.07, 6.45) is 3.40. The minimum Gasteiger partial charge on any atom is -0.378 e. The van der Waals surface area contributed by atoms with E-state index in [1.54, 1.807) is 16.8 Å². The van der Waals surface area contributed by atoms with E-state index in [0.717, 1.165) is 43.4 Å². The number of ketones is 1. The number of allylic oxidation sites excluding steroid dienone is 1. The number of hydrogen-bond donors (Lipinski definition) is 0. The van der Waals surface area contributed by atoms with E-state index in [-0.39, 0.29) is 5.78 Å². The van der Waals surface area contributed by atoms with Crippen molar-refractivity contribution in [2.45, 2.75) is 6.92 Å². The Morgan fingerprint density at radius 2 is 1.91 bits per heavy atom. The Labute approximate surface area is 136 Å². The number of morpholine rings is 1. The summed E-state index contributed by atoms with van der Waals surface area (Å²) in [5.41, 5.74) is 3.68. The lowest BCUT2D eigenvalue weighted by atomic mass is 10.1. The van der Waals surface area contributed by atoms with Gasteiger partial charge in [0.1, 0.15) is 0 Å². The van der Waals surface area contributed by atoms with Gasteiger partial charge < -0.3 is 9.64 Å². The van der Waals surface area contributed by atoms with Crippen LogP contribution in [0.3, 0.4) is 0 Å². The van der Waals surface area contributed by atoms with E-state index >= 15 is 0 Å². The number of carbonyl (C=O) groups excluding carboxylic acids is 1. The molecule has 0 amide bonds. The lowest BCUT2D eigenvalue weighted by Crippen LogP contribution is -2.36. The van der Waals surface area contributed by atoms with Gasteiger partial charge in [-0.15, -0.1) is 0 Å². The van der Waals surface area contributed by atoms with Gasteiger partial charge in [0.2, 0.25) is 0 Å². The van der Waals surface area contributed by atoms with Crippen molar-refractivity contribution in [1.29, 1.82) is 0 Å². The topological polar surface area (TPSA) is 47.4 Å². The van der Waals surface area contributed by atoms with Gasteiger partial charge in [-0.2, -0.15) is 5.10 Å². The van der Waals surface area contributed by atoms with Crippen LogP contribution in [-0.2, 0) is 11.8 Å². The van der Waals surface area contributed by atoms with E-state index < -0.39 is 0 Å². The largest absolute Gasteiger partial charge is 0.378 e. The highest BCUT2D eigenvalue weighted by atomic mass is 16.5. The minimum absolute atomic E-state index is 0.00243. The number of aryl methyl sites for hydroxylation is 2. The van der Waals surface area contributed by atoms with Crippen molar-refractivity contribution in [1.82, 2.24) is 9.78 Å². The molecule has 2 heterocycles. The second kappa shape index (κ2) is 6.79. The van der Waals surface area contributed by atoms with Crippen molar-refractivity contribution in [3.05, 3.63) is 53.4 Å². The second-order valence-electron chi connectivity index (χ2n) is 5.68. The molecule has 1 saturated heterocycles. The maximum Gasteiger partial charge on any atom is 0.185 e. The molecule has 23 heavy (non-hydrogen) atoms. The highest BCUT2D eigenvalue weighted by molar-refractivity contribution is 6.06. The molecule has 0 unspecified atom stereocenters. The van der Waals surface area contributed by atoms with Crippen molar-refractivity contribution in [2.75, 3.05) is 31.2 Å². The predicted octanol–water partition coefficient (Wildman–Crippen LogP) is 2.46. The van der Waals surface area contributed by atoms with Crippen LogP contribution in [-0.4, -0.2) is 41.9 Å². The van der Waals surface area contributed by atoms with Gasteiger partial charge >= 0.3 is 0 Å². The maximum atomic E-state index is 12.3. The Morgan fingerprint density at radius 3 is 2.52 bits per heavy atom. The van der Waals surface area contributed by atoms with Crippen molar-refractivity contribution in [3.8, 4) is 0 Å². The van der Waals surface area contributed by atoms with E-state index in [2.05, 4.69) is 10.00 Å². The van der Waals surface area contributed by atoms with E-state index in [0.29, 0.717) is 5.56 Å². The average molecular weight is 311 g/mol. The molecule has 1 aliphatic rings. The fraction of sp³-hybridized carbons (Fsp3) is 0.333. The molecule has 0 saturated carbocycles. The SMILES string of the molecule is Cc1cc(/C=C/C(=O)c2ccc(N3CCOCC3)cc2)n(C)n1. The fourth-order valence-electron chi connectivity index (χ4n) is 2.70. The zero-order valence-corrected chi connectivity index (χ0v) is 13.5. The fourth-order valence-corrected chi connectivity index (χ4v) is 2.70. The molecule has 2 aromatic rings. The zero-order valence-electron chi connectivity index (χ0n) is 13.5. The van der Waals surface area contributed by atoms with Crippen LogP contribution in [0.15, 0.2) is 36.4 Å². The molecule has 0 bridgehead atoms. The summed E-state index contributed by atoms with van der Waals surface area (Å²) in [4.78, 5) is 14.5. The number of aromatic nitrogens is 2. The molecule has 120 valence electrons. The summed E-state index contributed by atoms with van der Waals surface area (Å²) in [7, 11) is 1.87. The van der Waals surface area contributed by atoms with Gasteiger partial charge in [-0.05, 0) is 49.4 Å². The van der Waals surface area contributed by atoms with Crippen molar-refractivity contribution in [2.24, 2.45) is 7.05 Å². The van der Waals surface area contributed by atoms with Crippen LogP contribution in [0.25, 0.3) is 6.08 Å². The molecule has 0 radical (unpaired) electrons. The van der Waals surface area contributed by atoms with Crippen molar-refractivity contribution >= 4 is 17.5 Å². The molecule has 0 atom stereocenters. The van der Waals surface area contributed by atoms with Gasteiger partial charge in [-0.25, -0.2) is 0 Å². The van der Waals surface area contributed by atoms with Crippen LogP contribution < -0.4 is 4.90 Å². The number of ether oxygens (including phenoxy) is 1. The number of anilines is 1. The van der Waals surface area contributed by atoms with Crippen LogP contribution in [0.1, 0.15) is 21.7 Å². The van der Waals surface area contributed by atoms with E-state index in [9.17, 15) is 4.79 Å². The van der Waals surface area contributed by atoms with Crippen LogP contribution in [0, 0.1) is 6.92 Å². The Kier molecular flexibility index (Phi) is 4.57. The van der Waals surface area contributed by atoms with E-state index in [4.69, 9.17) is 4.74 Å². The van der Waals surface area contributed by atoms with Gasteiger partial charge in [-0.1, -0.05) is 0 Å². The average Bonchev–Trinajstić information content (AvgIpc) is 2.91. The highest BCUT2D eigenvalue weighted by Gasteiger charge is 2.11. The number of nitrogens with zero attached hydrogens (tertiary/aromatic N) is 3. The maximum absolute atomic E-state index is 12.3. The van der Waals surface area contributed by atoms with Crippen LogP contribution in [0.4, 0.5) is 5.69 Å². The first kappa shape index (κ1) is 15.5. The van der Waals surface area contributed by atoms with Gasteiger partial charge in [0, 0.05) is 31.4 Å². The van der Waals surface area contributed by atoms with Crippen LogP contribution >= 0.6 is 0 Å². The summed E-state index contributed by atoms with van der Waals surface area (Å²) in [5, 5.41) is 4.26. The third-order valence-electron chi connectivity index (χ3n) is 3.97. The summed E-state index contributed by atoms with van der Waals surface area (Å²) in [5.74, 6) is -0.00243. The van der Waals surface area contributed by atoms with E-state index in [1.807, 2.05) is 44.3 Å². The zero-order chi connectivity index (χ0) is 16.2. The molecule has 1 aromatic heterocycles. The number of hydrogen-bond acceptors (Lipinski definition) is 4. The lowest BCUT2D eigenvalue weighted by molar-refractivity contribution is 0.104. The second-order valence-corrected chi connectivity index (χ2v) is 5.68. The molecule has 1 aromatic carbocycles. The first-order valence-corrected chi connectivity index (χ1v) is 7.79. The molecule has 5 heteroatoms. The Bertz CT molecular complexity index is 710.